The lowest BCUT2D eigenvalue weighted by atomic mass is 9.66. The van der Waals surface area contributed by atoms with E-state index in [1.807, 2.05) is 0 Å². The summed E-state index contributed by atoms with van der Waals surface area (Å²) in [6, 6.07) is 8.16. The van der Waals surface area contributed by atoms with Crippen molar-refractivity contribution in [3.05, 3.63) is 116 Å². The summed E-state index contributed by atoms with van der Waals surface area (Å²) >= 11 is 0. The van der Waals surface area contributed by atoms with E-state index >= 15 is 26.3 Å². The largest absolute Gasteiger partial charge is 0.491 e. The fourth-order valence-corrected chi connectivity index (χ4v) is 6.09. The van der Waals surface area contributed by atoms with Crippen molar-refractivity contribution in [2.24, 2.45) is 0 Å². The molecule has 4 nitrogen and oxygen atoms in total. The second kappa shape index (κ2) is 10.4. The van der Waals surface area contributed by atoms with Crippen molar-refractivity contribution in [3.8, 4) is 22.6 Å². The van der Waals surface area contributed by atoms with Crippen LogP contribution in [0.3, 0.4) is 0 Å². The number of epoxide rings is 2. The minimum Gasteiger partial charge on any atom is -0.491 e. The van der Waals surface area contributed by atoms with Crippen LogP contribution in [0, 0.1) is 60.4 Å². The van der Waals surface area contributed by atoms with Crippen molar-refractivity contribution in [2.75, 3.05) is 26.4 Å². The minimum absolute atomic E-state index is 0.121. The van der Waals surface area contributed by atoms with Gasteiger partial charge in [0.1, 0.15) is 36.9 Å². The van der Waals surface area contributed by atoms with E-state index in [-0.39, 0.29) is 36.5 Å². The lowest BCUT2D eigenvalue weighted by Crippen LogP contribution is -2.32. The molecule has 2 fully saturated rings. The van der Waals surface area contributed by atoms with Gasteiger partial charge < -0.3 is 18.9 Å². The van der Waals surface area contributed by atoms with Crippen LogP contribution in [-0.4, -0.2) is 38.6 Å². The van der Waals surface area contributed by atoms with E-state index in [0.717, 1.165) is 0 Å². The maximum absolute atomic E-state index is 16.1. The van der Waals surface area contributed by atoms with Gasteiger partial charge in [-0.25, -0.2) is 35.1 Å². The van der Waals surface area contributed by atoms with Gasteiger partial charge in [0, 0.05) is 22.3 Å². The Bertz CT molecular complexity index is 1760. The molecule has 2 aliphatic heterocycles. The maximum Gasteiger partial charge on any atom is 0.198 e. The molecule has 3 aliphatic rings. The standard InChI is InChI=1S/C33H22F8O4/c1-13-7-15(3-5-19(13)44-11-17-9-42-17)33(16-4-6-20(14(2)8-16)45-12-18-10-43-18)23-21(25(34)29(38)31(40)27(23)36)22-24(33)28(37)32(41)30(39)26(22)35/h3-8,17-18H,9-12H2,1-2H3. The first kappa shape index (κ1) is 29.5. The maximum atomic E-state index is 16.1. The number of aryl methyl sites for hydroxylation is 2. The van der Waals surface area contributed by atoms with E-state index in [2.05, 4.69) is 0 Å². The SMILES string of the molecule is Cc1cc(C2(c3ccc(OCC4CO4)c(C)c3)c3c(F)c(F)c(F)c(F)c3-c3c(F)c(F)c(F)c(F)c32)ccc1OCC1CO1. The van der Waals surface area contributed by atoms with Crippen LogP contribution in [0.5, 0.6) is 11.5 Å². The highest BCUT2D eigenvalue weighted by Gasteiger charge is 2.55. The third-order valence-corrected chi connectivity index (χ3v) is 8.40. The van der Waals surface area contributed by atoms with Gasteiger partial charge in [-0.1, -0.05) is 24.3 Å². The summed E-state index contributed by atoms with van der Waals surface area (Å²) in [6.45, 7) is 4.53. The van der Waals surface area contributed by atoms with Gasteiger partial charge in [0.05, 0.1) is 18.6 Å². The highest BCUT2D eigenvalue weighted by molar-refractivity contribution is 5.88. The number of halogens is 8. The first-order valence-corrected chi connectivity index (χ1v) is 13.9. The van der Waals surface area contributed by atoms with Gasteiger partial charge >= 0.3 is 0 Å². The predicted molar refractivity (Wildman–Crippen MR) is 143 cm³/mol. The van der Waals surface area contributed by atoms with Crippen molar-refractivity contribution < 1.29 is 54.1 Å². The van der Waals surface area contributed by atoms with Gasteiger partial charge in [0.15, 0.2) is 46.5 Å². The van der Waals surface area contributed by atoms with Gasteiger partial charge in [-0.05, 0) is 48.2 Å². The van der Waals surface area contributed by atoms with Crippen LogP contribution < -0.4 is 9.47 Å². The molecule has 0 amide bonds. The zero-order valence-electron chi connectivity index (χ0n) is 23.6. The van der Waals surface area contributed by atoms with Crippen molar-refractivity contribution >= 4 is 0 Å². The average Bonchev–Trinajstić information content (AvgIpc) is 3.97. The molecular weight excluding hydrogens is 612 g/mol. The highest BCUT2D eigenvalue weighted by Crippen LogP contribution is 2.60. The van der Waals surface area contributed by atoms with Gasteiger partial charge in [-0.3, -0.25) is 0 Å². The topological polar surface area (TPSA) is 43.5 Å². The summed E-state index contributed by atoms with van der Waals surface area (Å²) in [5.74, 6) is -16.8. The normalized spacial score (nSPS) is 18.9. The number of ether oxygens (including phenoxy) is 4. The van der Waals surface area contributed by atoms with Crippen LogP contribution in [0.2, 0.25) is 0 Å². The van der Waals surface area contributed by atoms with Crippen LogP contribution >= 0.6 is 0 Å². The van der Waals surface area contributed by atoms with Crippen molar-refractivity contribution in [3.63, 3.8) is 0 Å². The second-order valence-electron chi connectivity index (χ2n) is 11.3. The summed E-state index contributed by atoms with van der Waals surface area (Å²) < 4.78 is 145. The molecule has 2 saturated heterocycles. The first-order valence-electron chi connectivity index (χ1n) is 13.9. The van der Waals surface area contributed by atoms with Gasteiger partial charge in [0.25, 0.3) is 0 Å². The molecule has 4 aromatic rings. The quantitative estimate of drug-likeness (QED) is 0.0776. The van der Waals surface area contributed by atoms with Crippen LogP contribution in [0.25, 0.3) is 11.1 Å². The molecule has 2 unspecified atom stereocenters. The summed E-state index contributed by atoms with van der Waals surface area (Å²) in [7, 11) is 0. The van der Waals surface area contributed by atoms with E-state index in [1.165, 1.54) is 36.4 Å². The monoisotopic (exact) mass is 634 g/mol. The first-order chi connectivity index (χ1) is 21.5. The lowest BCUT2D eigenvalue weighted by Gasteiger charge is -2.35. The van der Waals surface area contributed by atoms with E-state index in [1.54, 1.807) is 13.8 Å². The second-order valence-corrected chi connectivity index (χ2v) is 11.3. The summed E-state index contributed by atoms with van der Waals surface area (Å²) in [6.07, 6.45) is -0.242. The number of fused-ring (bicyclic) bond motifs is 3. The molecule has 2 heterocycles. The minimum atomic E-state index is -2.56. The molecule has 234 valence electrons. The Hall–Kier alpha value is -4.16. The van der Waals surface area contributed by atoms with Crippen LogP contribution in [0.15, 0.2) is 36.4 Å². The molecule has 0 aromatic heterocycles. The smallest absolute Gasteiger partial charge is 0.198 e. The summed E-state index contributed by atoms with van der Waals surface area (Å²) in [4.78, 5) is 0. The molecule has 12 heteroatoms. The Morgan fingerprint density at radius 3 is 1.27 bits per heavy atom. The molecule has 0 bridgehead atoms. The van der Waals surface area contributed by atoms with E-state index in [4.69, 9.17) is 18.9 Å². The Morgan fingerprint density at radius 2 is 0.933 bits per heavy atom. The molecular formula is C33H22F8O4. The number of rotatable bonds is 8. The molecule has 45 heavy (non-hydrogen) atoms. The van der Waals surface area contributed by atoms with Crippen molar-refractivity contribution in [1.82, 2.24) is 0 Å². The average molecular weight is 635 g/mol. The number of hydrogen-bond acceptors (Lipinski definition) is 4. The summed E-state index contributed by atoms with van der Waals surface area (Å²) in [5.41, 5.74) is -6.73. The third-order valence-electron chi connectivity index (χ3n) is 8.40. The highest BCUT2D eigenvalue weighted by atomic mass is 19.2. The number of hydrogen-bond donors (Lipinski definition) is 0. The molecule has 2 atom stereocenters. The van der Waals surface area contributed by atoms with Crippen LogP contribution in [0.1, 0.15) is 33.4 Å². The fourth-order valence-electron chi connectivity index (χ4n) is 6.09. The molecule has 4 aromatic carbocycles. The molecule has 0 spiro atoms. The van der Waals surface area contributed by atoms with E-state index < -0.39 is 74.2 Å². The van der Waals surface area contributed by atoms with E-state index in [0.29, 0.717) is 35.8 Å². The van der Waals surface area contributed by atoms with E-state index in [9.17, 15) is 8.78 Å². The zero-order chi connectivity index (χ0) is 31.9. The molecule has 0 N–H and O–H groups in total. The van der Waals surface area contributed by atoms with Crippen molar-refractivity contribution in [1.29, 1.82) is 0 Å². The van der Waals surface area contributed by atoms with Gasteiger partial charge in [-0.15, -0.1) is 0 Å². The van der Waals surface area contributed by atoms with Crippen LogP contribution in [0.4, 0.5) is 35.1 Å². The Morgan fingerprint density at radius 1 is 0.578 bits per heavy atom. The Labute approximate surface area is 251 Å². The predicted octanol–water partition coefficient (Wildman–Crippen LogP) is 7.33. The van der Waals surface area contributed by atoms with Crippen LogP contribution in [-0.2, 0) is 14.9 Å². The zero-order valence-corrected chi connectivity index (χ0v) is 23.6. The van der Waals surface area contributed by atoms with Gasteiger partial charge in [-0.2, -0.15) is 0 Å². The third kappa shape index (κ3) is 4.40. The molecule has 7 rings (SSSR count). The number of benzene rings is 4. The molecule has 1 aliphatic carbocycles. The molecule has 0 radical (unpaired) electrons. The van der Waals surface area contributed by atoms with Crippen molar-refractivity contribution in [2.45, 2.75) is 31.5 Å². The fraction of sp³-hybridized carbons (Fsp3) is 0.273. The molecule has 0 saturated carbocycles. The Balaban J connectivity index is 1.58. The lowest BCUT2D eigenvalue weighted by molar-refractivity contribution is 0.261. The Kier molecular flexibility index (Phi) is 6.86. The van der Waals surface area contributed by atoms with Gasteiger partial charge in [0.2, 0.25) is 0 Å². The summed E-state index contributed by atoms with van der Waals surface area (Å²) in [5, 5.41) is 0.